The lowest BCUT2D eigenvalue weighted by Gasteiger charge is -2.31. The number of nitrogens with zero attached hydrogens (tertiary/aromatic N) is 6. The van der Waals surface area contributed by atoms with E-state index >= 15 is 0 Å². The van der Waals surface area contributed by atoms with Gasteiger partial charge in [0.05, 0.1) is 34.1 Å². The molecule has 9 heteroatoms. The number of fused-ring (bicyclic) bond motifs is 1. The van der Waals surface area contributed by atoms with E-state index in [4.69, 9.17) is 5.73 Å². The maximum absolute atomic E-state index is 14.4. The van der Waals surface area contributed by atoms with Gasteiger partial charge in [0, 0.05) is 54.9 Å². The number of rotatable bonds is 4. The summed E-state index contributed by atoms with van der Waals surface area (Å²) in [6, 6.07) is 4.98. The van der Waals surface area contributed by atoms with Crippen molar-refractivity contribution in [2.24, 2.45) is 0 Å². The van der Waals surface area contributed by atoms with Crippen molar-refractivity contribution in [3.63, 3.8) is 0 Å². The third-order valence-electron chi connectivity index (χ3n) is 5.70. The Kier molecular flexibility index (Phi) is 5.27. The zero-order valence-electron chi connectivity index (χ0n) is 16.7. The Bertz CT molecular complexity index is 1200. The first-order valence-electron chi connectivity index (χ1n) is 10.1. The van der Waals surface area contributed by atoms with Gasteiger partial charge in [-0.15, -0.1) is 0 Å². The van der Waals surface area contributed by atoms with Crippen LogP contribution in [0.2, 0.25) is 0 Å². The molecule has 1 aliphatic heterocycles. The zero-order chi connectivity index (χ0) is 21.4. The molecule has 1 saturated heterocycles. The van der Waals surface area contributed by atoms with Gasteiger partial charge in [0.1, 0.15) is 5.82 Å². The van der Waals surface area contributed by atoms with Crippen LogP contribution in [0.15, 0.2) is 53.7 Å². The molecule has 0 radical (unpaired) electrons. The van der Waals surface area contributed by atoms with Crippen LogP contribution in [0.1, 0.15) is 30.1 Å². The first kappa shape index (κ1) is 19.9. The summed E-state index contributed by atoms with van der Waals surface area (Å²) in [7, 11) is 0. The molecule has 4 heterocycles. The van der Waals surface area contributed by atoms with Gasteiger partial charge < -0.3 is 15.2 Å². The Hall–Kier alpha value is -3.07. The van der Waals surface area contributed by atoms with Crippen molar-refractivity contribution in [2.45, 2.75) is 25.3 Å². The predicted octanol–water partition coefficient (Wildman–Crippen LogP) is 4.14. The number of halogens is 2. The molecule has 0 aliphatic carbocycles. The van der Waals surface area contributed by atoms with Gasteiger partial charge in [-0.25, -0.2) is 14.4 Å². The van der Waals surface area contributed by atoms with Crippen LogP contribution in [-0.2, 0) is 6.54 Å². The largest absolute Gasteiger partial charge is 0.399 e. The molecule has 31 heavy (non-hydrogen) atoms. The summed E-state index contributed by atoms with van der Waals surface area (Å²) in [5.41, 5.74) is 8.48. The Labute approximate surface area is 187 Å². The topological polar surface area (TPSA) is 85.8 Å². The predicted molar refractivity (Wildman–Crippen MR) is 121 cm³/mol. The number of anilines is 2. The lowest BCUT2D eigenvalue weighted by Crippen LogP contribution is -2.34. The van der Waals surface area contributed by atoms with Crippen LogP contribution < -0.4 is 10.6 Å². The molecular weight excluding hydrogens is 461 g/mol. The average molecular weight is 482 g/mol. The lowest BCUT2D eigenvalue weighted by molar-refractivity contribution is 0.488. The summed E-state index contributed by atoms with van der Waals surface area (Å²) in [4.78, 5) is 20.2. The van der Waals surface area contributed by atoms with E-state index in [0.717, 1.165) is 53.1 Å². The summed E-state index contributed by atoms with van der Waals surface area (Å²) in [6.45, 7) is 2.22. The van der Waals surface area contributed by atoms with Crippen molar-refractivity contribution in [2.75, 3.05) is 23.7 Å². The monoisotopic (exact) mass is 481 g/mol. The minimum atomic E-state index is -0.328. The molecule has 1 aliphatic rings. The molecule has 0 amide bonds. The second kappa shape index (κ2) is 8.22. The van der Waals surface area contributed by atoms with E-state index in [0.29, 0.717) is 23.7 Å². The van der Waals surface area contributed by atoms with E-state index in [1.807, 2.05) is 23.0 Å². The maximum Gasteiger partial charge on any atom is 0.225 e. The van der Waals surface area contributed by atoms with Crippen LogP contribution in [0, 0.1) is 5.82 Å². The van der Waals surface area contributed by atoms with Crippen LogP contribution >= 0.6 is 15.9 Å². The van der Waals surface area contributed by atoms with Crippen molar-refractivity contribution < 1.29 is 4.39 Å². The molecule has 0 atom stereocenters. The average Bonchev–Trinajstić information content (AvgIpc) is 3.18. The van der Waals surface area contributed by atoms with Crippen LogP contribution in [-0.4, -0.2) is 37.6 Å². The van der Waals surface area contributed by atoms with Crippen molar-refractivity contribution >= 4 is 38.5 Å². The van der Waals surface area contributed by atoms with E-state index < -0.39 is 0 Å². The van der Waals surface area contributed by atoms with E-state index in [1.165, 1.54) is 6.07 Å². The summed E-state index contributed by atoms with van der Waals surface area (Å²) in [5.74, 6) is 0.795. The number of nitrogens with two attached hydrogens (primary N) is 1. The SMILES string of the molecule is Nc1cc(F)c2c(ccn2Cc2cnc(C3CCN(c4ncc(Br)cn4)CC3)cn2)c1. The number of piperidine rings is 1. The number of nitrogen functional groups attached to an aromatic ring is 1. The van der Waals surface area contributed by atoms with Gasteiger partial charge in [-0.1, -0.05) is 0 Å². The van der Waals surface area contributed by atoms with Crippen LogP contribution in [0.5, 0.6) is 0 Å². The molecule has 5 rings (SSSR count). The van der Waals surface area contributed by atoms with Crippen molar-refractivity contribution in [3.8, 4) is 0 Å². The van der Waals surface area contributed by atoms with E-state index in [-0.39, 0.29) is 5.82 Å². The maximum atomic E-state index is 14.4. The highest BCUT2D eigenvalue weighted by Gasteiger charge is 2.23. The molecular formula is C22H21BrFN7. The lowest BCUT2D eigenvalue weighted by atomic mass is 9.94. The summed E-state index contributed by atoms with van der Waals surface area (Å²) in [6.07, 6.45) is 11.0. The van der Waals surface area contributed by atoms with Crippen LogP contribution in [0.25, 0.3) is 10.9 Å². The highest BCUT2D eigenvalue weighted by molar-refractivity contribution is 9.10. The van der Waals surface area contributed by atoms with Gasteiger partial charge in [-0.2, -0.15) is 0 Å². The first-order chi connectivity index (χ1) is 15.1. The summed E-state index contributed by atoms with van der Waals surface area (Å²) >= 11 is 3.37. The third-order valence-corrected chi connectivity index (χ3v) is 6.11. The van der Waals surface area contributed by atoms with Gasteiger partial charge in [-0.05, 0) is 47.0 Å². The molecule has 1 fully saturated rings. The van der Waals surface area contributed by atoms with E-state index in [2.05, 4.69) is 40.8 Å². The highest BCUT2D eigenvalue weighted by Crippen LogP contribution is 2.28. The molecule has 0 bridgehead atoms. The molecule has 0 unspecified atom stereocenters. The minimum absolute atomic E-state index is 0.328. The zero-order valence-corrected chi connectivity index (χ0v) is 18.3. The fourth-order valence-corrected chi connectivity index (χ4v) is 4.33. The van der Waals surface area contributed by atoms with Gasteiger partial charge in [0.2, 0.25) is 5.95 Å². The van der Waals surface area contributed by atoms with E-state index in [1.54, 1.807) is 24.7 Å². The fourth-order valence-electron chi connectivity index (χ4n) is 4.12. The van der Waals surface area contributed by atoms with Crippen molar-refractivity contribution in [1.29, 1.82) is 0 Å². The van der Waals surface area contributed by atoms with Gasteiger partial charge in [0.15, 0.2) is 0 Å². The third kappa shape index (κ3) is 4.10. The van der Waals surface area contributed by atoms with Crippen molar-refractivity contribution in [1.82, 2.24) is 24.5 Å². The molecule has 0 spiro atoms. The van der Waals surface area contributed by atoms with Gasteiger partial charge in [0.25, 0.3) is 0 Å². The quantitative estimate of drug-likeness (QED) is 0.440. The molecule has 7 nitrogen and oxygen atoms in total. The Morgan fingerprint density at radius 2 is 1.81 bits per heavy atom. The standard InChI is InChI=1S/C22H21BrFN7/c23-16-9-28-22(29-10-16)30-4-1-14(2-5-30)20-12-26-18(11-27-20)13-31-6-3-15-7-17(25)8-19(24)21(15)31/h3,6-12,14H,1-2,4-5,13,25H2. The Morgan fingerprint density at radius 1 is 1.03 bits per heavy atom. The minimum Gasteiger partial charge on any atom is -0.399 e. The van der Waals surface area contributed by atoms with E-state index in [9.17, 15) is 4.39 Å². The molecule has 0 saturated carbocycles. The molecule has 4 aromatic rings. The summed E-state index contributed by atoms with van der Waals surface area (Å²) in [5, 5.41) is 0.781. The summed E-state index contributed by atoms with van der Waals surface area (Å²) < 4.78 is 17.1. The second-order valence-corrected chi connectivity index (χ2v) is 8.70. The Morgan fingerprint density at radius 3 is 2.52 bits per heavy atom. The second-order valence-electron chi connectivity index (χ2n) is 7.78. The van der Waals surface area contributed by atoms with Crippen LogP contribution in [0.3, 0.4) is 0 Å². The number of hydrogen-bond donors (Lipinski definition) is 1. The fraction of sp³-hybridized carbons (Fsp3) is 0.273. The van der Waals surface area contributed by atoms with Gasteiger partial charge in [-0.3, -0.25) is 9.97 Å². The smallest absolute Gasteiger partial charge is 0.225 e. The van der Waals surface area contributed by atoms with Gasteiger partial charge >= 0.3 is 0 Å². The molecule has 158 valence electrons. The number of benzene rings is 1. The number of hydrogen-bond acceptors (Lipinski definition) is 6. The number of aromatic nitrogens is 5. The Balaban J connectivity index is 1.25. The molecule has 3 aromatic heterocycles. The molecule has 2 N–H and O–H groups in total. The van der Waals surface area contributed by atoms with Crippen LogP contribution in [0.4, 0.5) is 16.0 Å². The molecule has 1 aromatic carbocycles. The van der Waals surface area contributed by atoms with Crippen molar-refractivity contribution in [3.05, 3.63) is 70.9 Å². The first-order valence-corrected chi connectivity index (χ1v) is 10.9. The normalized spacial score (nSPS) is 15.0. The highest BCUT2D eigenvalue weighted by atomic mass is 79.9.